The lowest BCUT2D eigenvalue weighted by atomic mass is 10.1. The van der Waals surface area contributed by atoms with Gasteiger partial charge in [-0.25, -0.2) is 0 Å². The molecule has 20 heavy (non-hydrogen) atoms. The Balaban J connectivity index is 2.50. The molecule has 0 aliphatic carbocycles. The van der Waals surface area contributed by atoms with Crippen LogP contribution in [-0.4, -0.2) is 30.3 Å². The molecule has 0 heterocycles. The fraction of sp³-hybridized carbons (Fsp3) is 0.429. The second kappa shape index (κ2) is 7.91. The van der Waals surface area contributed by atoms with Crippen molar-refractivity contribution in [1.29, 1.82) is 0 Å². The summed E-state index contributed by atoms with van der Waals surface area (Å²) in [5.74, 6) is 0.408. The van der Waals surface area contributed by atoms with Crippen molar-refractivity contribution in [1.82, 2.24) is 0 Å². The number of hydrogen-bond acceptors (Lipinski definition) is 5. The van der Waals surface area contributed by atoms with Gasteiger partial charge in [-0.1, -0.05) is 6.07 Å². The van der Waals surface area contributed by atoms with Gasteiger partial charge in [-0.3, -0.25) is 9.59 Å². The van der Waals surface area contributed by atoms with E-state index in [9.17, 15) is 9.59 Å². The van der Waals surface area contributed by atoms with E-state index < -0.39 is 11.9 Å². The van der Waals surface area contributed by atoms with E-state index in [0.29, 0.717) is 17.9 Å². The van der Waals surface area contributed by atoms with E-state index in [-0.39, 0.29) is 5.97 Å². The number of carbonyl (C=O) groups is 2. The lowest BCUT2D eigenvalue weighted by Gasteiger charge is -2.11. The lowest BCUT2D eigenvalue weighted by molar-refractivity contribution is -0.144. The Labute approximate surface area is 123 Å². The largest absolute Gasteiger partial charge is 0.465 e. The molecule has 1 aromatic carbocycles. The van der Waals surface area contributed by atoms with Crippen molar-refractivity contribution in [2.45, 2.75) is 25.6 Å². The Morgan fingerprint density at radius 1 is 1.40 bits per heavy atom. The van der Waals surface area contributed by atoms with Gasteiger partial charge in [0.05, 0.1) is 6.61 Å². The molecule has 6 heteroatoms. The normalized spacial score (nSPS) is 11.9. The molecular weight excluding hydrogens is 276 g/mol. The summed E-state index contributed by atoms with van der Waals surface area (Å²) in [6.07, 6.45) is 0. The monoisotopic (exact) mass is 296 g/mol. The fourth-order valence-corrected chi connectivity index (χ4v) is 2.68. The molecule has 1 amide bonds. The van der Waals surface area contributed by atoms with Crippen LogP contribution in [0.3, 0.4) is 0 Å². The summed E-state index contributed by atoms with van der Waals surface area (Å²) >= 11 is 1.56. The maximum Gasteiger partial charge on any atom is 0.323 e. The number of thioether (sulfide) groups is 1. The van der Waals surface area contributed by atoms with Crippen LogP contribution in [0.2, 0.25) is 0 Å². The molecule has 1 aromatic rings. The first-order valence-corrected chi connectivity index (χ1v) is 7.50. The number of hydrogen-bond donors (Lipinski definition) is 2. The molecule has 0 saturated carbocycles. The number of esters is 1. The molecule has 0 bridgehead atoms. The zero-order valence-electron chi connectivity index (χ0n) is 11.7. The van der Waals surface area contributed by atoms with Crippen molar-refractivity contribution in [2.75, 3.05) is 12.4 Å². The van der Waals surface area contributed by atoms with E-state index in [1.54, 1.807) is 30.8 Å². The van der Waals surface area contributed by atoms with Crippen LogP contribution in [0.5, 0.6) is 0 Å². The highest BCUT2D eigenvalue weighted by Gasteiger charge is 2.14. The summed E-state index contributed by atoms with van der Waals surface area (Å²) < 4.78 is 4.84. The topological polar surface area (TPSA) is 95.4 Å². The van der Waals surface area contributed by atoms with Gasteiger partial charge in [-0.15, -0.1) is 0 Å². The molecule has 0 aliphatic rings. The van der Waals surface area contributed by atoms with Crippen LogP contribution in [0.25, 0.3) is 0 Å². The quantitative estimate of drug-likeness (QED) is 0.738. The second-order valence-electron chi connectivity index (χ2n) is 4.38. The minimum absolute atomic E-state index is 0.338. The molecule has 5 nitrogen and oxygen atoms in total. The molecule has 1 unspecified atom stereocenters. The molecule has 0 radical (unpaired) electrons. The summed E-state index contributed by atoms with van der Waals surface area (Å²) in [5, 5.41) is 0. The Kier molecular flexibility index (Phi) is 6.54. The van der Waals surface area contributed by atoms with Crippen molar-refractivity contribution >= 4 is 23.6 Å². The van der Waals surface area contributed by atoms with E-state index >= 15 is 0 Å². The van der Waals surface area contributed by atoms with Crippen LogP contribution >= 0.6 is 11.8 Å². The van der Waals surface area contributed by atoms with Crippen LogP contribution < -0.4 is 11.5 Å². The van der Waals surface area contributed by atoms with Crippen molar-refractivity contribution in [3.8, 4) is 0 Å². The highest BCUT2D eigenvalue weighted by atomic mass is 32.2. The molecule has 110 valence electrons. The first kappa shape index (κ1) is 16.5. The van der Waals surface area contributed by atoms with Crippen molar-refractivity contribution < 1.29 is 14.3 Å². The number of carbonyl (C=O) groups excluding carboxylic acids is 2. The maximum absolute atomic E-state index is 11.4. The minimum Gasteiger partial charge on any atom is -0.465 e. The predicted molar refractivity (Wildman–Crippen MR) is 80.5 cm³/mol. The molecule has 0 aromatic heterocycles. The molecule has 4 N–H and O–H groups in total. The van der Waals surface area contributed by atoms with E-state index in [4.69, 9.17) is 16.2 Å². The van der Waals surface area contributed by atoms with Gasteiger partial charge in [-0.05, 0) is 37.1 Å². The summed E-state index contributed by atoms with van der Waals surface area (Å²) in [4.78, 5) is 22.4. The van der Waals surface area contributed by atoms with Gasteiger partial charge < -0.3 is 16.2 Å². The molecule has 1 atom stereocenters. The number of aryl methyl sites for hydroxylation is 1. The van der Waals surface area contributed by atoms with E-state index in [1.807, 2.05) is 13.0 Å². The zero-order valence-corrected chi connectivity index (χ0v) is 12.5. The summed E-state index contributed by atoms with van der Waals surface area (Å²) in [6.45, 7) is 4.01. The number of benzene rings is 1. The van der Waals surface area contributed by atoms with E-state index in [0.717, 1.165) is 16.9 Å². The smallest absolute Gasteiger partial charge is 0.323 e. The summed E-state index contributed by atoms with van der Waals surface area (Å²) in [5.41, 5.74) is 13.5. The standard InChI is InChI=1S/C14H20N2O3S/c1-3-19-14(18)12(15)8-20-7-11-5-4-10(13(16)17)6-9(11)2/h4-6,12H,3,7-8,15H2,1-2H3,(H2,16,17). The Bertz CT molecular complexity index is 491. The maximum atomic E-state index is 11.4. The third-order valence-electron chi connectivity index (χ3n) is 2.77. The van der Waals surface area contributed by atoms with Gasteiger partial charge in [0.1, 0.15) is 6.04 Å². The van der Waals surface area contributed by atoms with Crippen LogP contribution in [0.4, 0.5) is 0 Å². The third kappa shape index (κ3) is 4.86. The fourth-order valence-electron chi connectivity index (χ4n) is 1.62. The highest BCUT2D eigenvalue weighted by Crippen LogP contribution is 2.18. The zero-order chi connectivity index (χ0) is 15.1. The number of nitrogens with two attached hydrogens (primary N) is 2. The Hall–Kier alpha value is -1.53. The third-order valence-corrected chi connectivity index (χ3v) is 3.88. The SMILES string of the molecule is CCOC(=O)C(N)CSCc1ccc(C(N)=O)cc1C. The average molecular weight is 296 g/mol. The molecule has 0 spiro atoms. The van der Waals surface area contributed by atoms with Crippen LogP contribution in [0.1, 0.15) is 28.4 Å². The van der Waals surface area contributed by atoms with E-state index in [1.165, 1.54) is 0 Å². The van der Waals surface area contributed by atoms with Gasteiger partial charge in [-0.2, -0.15) is 11.8 Å². The van der Waals surface area contributed by atoms with Gasteiger partial charge in [0.2, 0.25) is 5.91 Å². The second-order valence-corrected chi connectivity index (χ2v) is 5.41. The Morgan fingerprint density at radius 2 is 2.10 bits per heavy atom. The van der Waals surface area contributed by atoms with Gasteiger partial charge in [0.15, 0.2) is 0 Å². The first-order valence-electron chi connectivity index (χ1n) is 6.35. The number of rotatable bonds is 7. The molecule has 1 rings (SSSR count). The Morgan fingerprint density at radius 3 is 2.65 bits per heavy atom. The summed E-state index contributed by atoms with van der Waals surface area (Å²) in [7, 11) is 0. The van der Waals surface area contributed by atoms with Gasteiger partial charge in [0, 0.05) is 17.1 Å². The average Bonchev–Trinajstić information content (AvgIpc) is 2.40. The van der Waals surface area contributed by atoms with Gasteiger partial charge in [0.25, 0.3) is 0 Å². The minimum atomic E-state index is -0.606. The first-order chi connectivity index (χ1) is 9.45. The van der Waals surface area contributed by atoms with Crippen LogP contribution in [-0.2, 0) is 15.3 Å². The van der Waals surface area contributed by atoms with Gasteiger partial charge >= 0.3 is 5.97 Å². The van der Waals surface area contributed by atoms with Crippen molar-refractivity contribution in [2.24, 2.45) is 11.5 Å². The molecule has 0 aliphatic heterocycles. The van der Waals surface area contributed by atoms with Crippen molar-refractivity contribution in [3.63, 3.8) is 0 Å². The van der Waals surface area contributed by atoms with Crippen molar-refractivity contribution in [3.05, 3.63) is 34.9 Å². The summed E-state index contributed by atoms with van der Waals surface area (Å²) in [6, 6.07) is 4.74. The number of primary amides is 1. The van der Waals surface area contributed by atoms with Crippen LogP contribution in [0, 0.1) is 6.92 Å². The number of ether oxygens (including phenoxy) is 1. The highest BCUT2D eigenvalue weighted by molar-refractivity contribution is 7.98. The van der Waals surface area contributed by atoms with Crippen LogP contribution in [0.15, 0.2) is 18.2 Å². The molecular formula is C14H20N2O3S. The van der Waals surface area contributed by atoms with E-state index in [2.05, 4.69) is 0 Å². The molecule has 0 fully saturated rings. The predicted octanol–water partition coefficient (Wildman–Crippen LogP) is 1.22. The lowest BCUT2D eigenvalue weighted by Crippen LogP contribution is -2.34. The molecule has 0 saturated heterocycles. The number of amides is 1.